The second-order valence-corrected chi connectivity index (χ2v) is 8.62. The molecule has 0 aliphatic rings. The average molecular weight is 481 g/mol. The molecule has 0 aliphatic heterocycles. The molecule has 0 heterocycles. The van der Waals surface area contributed by atoms with Gasteiger partial charge in [0, 0.05) is 0 Å². The van der Waals surface area contributed by atoms with Crippen LogP contribution in [-0.4, -0.2) is 34.9 Å². The molecule has 0 saturated carbocycles. The second-order valence-electron chi connectivity index (χ2n) is 8.62. The average Bonchev–Trinajstić information content (AvgIpc) is 2.91. The molecule has 0 amide bonds. The van der Waals surface area contributed by atoms with Gasteiger partial charge in [0.2, 0.25) is 0 Å². The van der Waals surface area contributed by atoms with Crippen LogP contribution in [0.15, 0.2) is 103 Å². The fourth-order valence-electron chi connectivity index (χ4n) is 4.23. The molecule has 0 spiro atoms. The molecule has 1 unspecified atom stereocenters. The fourth-order valence-corrected chi connectivity index (χ4v) is 4.23. The molecular formula is C31H28O5. The van der Waals surface area contributed by atoms with Gasteiger partial charge in [-0.15, -0.1) is 0 Å². The third-order valence-corrected chi connectivity index (χ3v) is 6.07. The standard InChI is InChI=1S/C31H28O5/c32-21-29(33)31(35)36-30(34)26-17-16-25(18-22-10-4-1-5-11-22)27(19-23-12-6-2-7-13-23)28(26)20-24-14-8-3-9-15-24/h1-17,29,32-33H,18-21H2. The summed E-state index contributed by atoms with van der Waals surface area (Å²) in [4.78, 5) is 25.2. The zero-order chi connectivity index (χ0) is 25.3. The largest absolute Gasteiger partial charge is 0.393 e. The number of rotatable bonds is 9. The third-order valence-electron chi connectivity index (χ3n) is 6.07. The van der Waals surface area contributed by atoms with Crippen LogP contribution >= 0.6 is 0 Å². The van der Waals surface area contributed by atoms with Gasteiger partial charge in [-0.25, -0.2) is 9.59 Å². The fraction of sp³-hybridized carbons (Fsp3) is 0.161. The maximum absolute atomic E-state index is 13.1. The van der Waals surface area contributed by atoms with Crippen molar-refractivity contribution in [1.82, 2.24) is 0 Å². The molecule has 0 aliphatic carbocycles. The molecule has 0 aromatic heterocycles. The van der Waals surface area contributed by atoms with Gasteiger partial charge in [0.25, 0.3) is 0 Å². The van der Waals surface area contributed by atoms with Crippen LogP contribution in [0.3, 0.4) is 0 Å². The molecule has 4 aromatic carbocycles. The Balaban J connectivity index is 1.83. The van der Waals surface area contributed by atoms with Crippen molar-refractivity contribution < 1.29 is 24.5 Å². The van der Waals surface area contributed by atoms with E-state index in [0.717, 1.165) is 33.4 Å². The first-order chi connectivity index (χ1) is 17.5. The molecule has 4 rings (SSSR count). The lowest BCUT2D eigenvalue weighted by molar-refractivity contribution is -0.149. The molecule has 36 heavy (non-hydrogen) atoms. The summed E-state index contributed by atoms with van der Waals surface area (Å²) in [5, 5.41) is 18.7. The first-order valence-corrected chi connectivity index (χ1v) is 11.9. The monoisotopic (exact) mass is 480 g/mol. The highest BCUT2D eigenvalue weighted by molar-refractivity contribution is 5.99. The number of aliphatic hydroxyl groups is 2. The molecule has 2 N–H and O–H groups in total. The van der Waals surface area contributed by atoms with Crippen molar-refractivity contribution in [3.05, 3.63) is 142 Å². The van der Waals surface area contributed by atoms with E-state index in [0.29, 0.717) is 19.3 Å². The number of ether oxygens (including phenoxy) is 1. The summed E-state index contributed by atoms with van der Waals surface area (Å²) in [5.74, 6) is -2.02. The van der Waals surface area contributed by atoms with Crippen LogP contribution in [0.2, 0.25) is 0 Å². The molecule has 5 nitrogen and oxygen atoms in total. The summed E-state index contributed by atoms with van der Waals surface area (Å²) in [5.41, 5.74) is 6.37. The van der Waals surface area contributed by atoms with Crippen molar-refractivity contribution in [1.29, 1.82) is 0 Å². The van der Waals surface area contributed by atoms with E-state index in [-0.39, 0.29) is 5.56 Å². The van der Waals surface area contributed by atoms with Gasteiger partial charge in [0.1, 0.15) is 0 Å². The molecule has 5 heteroatoms. The van der Waals surface area contributed by atoms with E-state index in [4.69, 9.17) is 9.84 Å². The van der Waals surface area contributed by atoms with Crippen LogP contribution < -0.4 is 0 Å². The maximum Gasteiger partial charge on any atom is 0.346 e. The Hall–Kier alpha value is -4.06. The summed E-state index contributed by atoms with van der Waals surface area (Å²) >= 11 is 0. The highest BCUT2D eigenvalue weighted by atomic mass is 16.6. The minimum Gasteiger partial charge on any atom is -0.393 e. The summed E-state index contributed by atoms with van der Waals surface area (Å²) in [6.45, 7) is -0.821. The molecule has 0 fully saturated rings. The van der Waals surface area contributed by atoms with Gasteiger partial charge in [-0.05, 0) is 58.7 Å². The van der Waals surface area contributed by atoms with Crippen LogP contribution in [0, 0.1) is 0 Å². The number of carbonyl (C=O) groups excluding carboxylic acids is 2. The smallest absolute Gasteiger partial charge is 0.346 e. The van der Waals surface area contributed by atoms with Gasteiger partial charge in [0.15, 0.2) is 6.10 Å². The molecule has 1 atom stereocenters. The Kier molecular flexibility index (Phi) is 8.40. The van der Waals surface area contributed by atoms with E-state index < -0.39 is 24.6 Å². The van der Waals surface area contributed by atoms with Crippen molar-refractivity contribution in [3.63, 3.8) is 0 Å². The lowest BCUT2D eigenvalue weighted by Crippen LogP contribution is -2.29. The number of aliphatic hydroxyl groups excluding tert-OH is 2. The SMILES string of the molecule is O=C(OC(=O)C(O)CO)c1ccc(Cc2ccccc2)c(Cc2ccccc2)c1Cc1ccccc1. The first kappa shape index (κ1) is 25.0. The highest BCUT2D eigenvalue weighted by Crippen LogP contribution is 2.28. The van der Waals surface area contributed by atoms with Gasteiger partial charge >= 0.3 is 11.9 Å². The normalized spacial score (nSPS) is 11.6. The van der Waals surface area contributed by atoms with Crippen LogP contribution in [0.1, 0.15) is 43.7 Å². The Morgan fingerprint density at radius 3 is 1.61 bits per heavy atom. The summed E-state index contributed by atoms with van der Waals surface area (Å²) < 4.78 is 4.94. The second kappa shape index (κ2) is 12.1. The van der Waals surface area contributed by atoms with Crippen LogP contribution in [0.25, 0.3) is 0 Å². The van der Waals surface area contributed by atoms with Crippen molar-refractivity contribution in [3.8, 4) is 0 Å². The quantitative estimate of drug-likeness (QED) is 0.272. The summed E-state index contributed by atoms with van der Waals surface area (Å²) in [7, 11) is 0. The first-order valence-electron chi connectivity index (χ1n) is 11.9. The lowest BCUT2D eigenvalue weighted by Gasteiger charge is -2.19. The predicted octanol–water partition coefficient (Wildman–Crippen LogP) is 4.50. The van der Waals surface area contributed by atoms with E-state index in [1.807, 2.05) is 84.9 Å². The van der Waals surface area contributed by atoms with Crippen LogP contribution in [0.4, 0.5) is 0 Å². The van der Waals surface area contributed by atoms with Crippen molar-refractivity contribution in [2.75, 3.05) is 6.61 Å². The van der Waals surface area contributed by atoms with Gasteiger partial charge in [-0.3, -0.25) is 0 Å². The molecule has 0 bridgehead atoms. The maximum atomic E-state index is 13.1. The Labute approximate surface area is 210 Å². The van der Waals surface area contributed by atoms with Crippen molar-refractivity contribution in [2.45, 2.75) is 25.4 Å². The topological polar surface area (TPSA) is 83.8 Å². The van der Waals surface area contributed by atoms with E-state index in [9.17, 15) is 14.7 Å². The van der Waals surface area contributed by atoms with E-state index in [1.54, 1.807) is 6.07 Å². The zero-order valence-electron chi connectivity index (χ0n) is 19.8. The van der Waals surface area contributed by atoms with Gasteiger partial charge < -0.3 is 14.9 Å². The molecule has 0 radical (unpaired) electrons. The Bertz CT molecular complexity index is 1300. The van der Waals surface area contributed by atoms with Crippen LogP contribution in [-0.2, 0) is 28.8 Å². The molecular weight excluding hydrogens is 452 g/mol. The Morgan fingerprint density at radius 1 is 0.639 bits per heavy atom. The number of hydrogen-bond donors (Lipinski definition) is 2. The number of benzene rings is 4. The van der Waals surface area contributed by atoms with E-state index >= 15 is 0 Å². The zero-order valence-corrected chi connectivity index (χ0v) is 19.8. The lowest BCUT2D eigenvalue weighted by atomic mass is 9.86. The highest BCUT2D eigenvalue weighted by Gasteiger charge is 2.25. The third kappa shape index (κ3) is 6.33. The number of esters is 2. The van der Waals surface area contributed by atoms with E-state index in [1.165, 1.54) is 0 Å². The molecule has 182 valence electrons. The molecule has 0 saturated heterocycles. The predicted molar refractivity (Wildman–Crippen MR) is 138 cm³/mol. The van der Waals surface area contributed by atoms with Gasteiger partial charge in [-0.2, -0.15) is 0 Å². The summed E-state index contributed by atoms with van der Waals surface area (Å²) in [6, 6.07) is 33.5. The van der Waals surface area contributed by atoms with E-state index in [2.05, 4.69) is 12.1 Å². The number of hydrogen-bond acceptors (Lipinski definition) is 5. The van der Waals surface area contributed by atoms with Gasteiger partial charge in [-0.1, -0.05) is 97.1 Å². The number of carbonyl (C=O) groups is 2. The molecule has 4 aromatic rings. The Morgan fingerprint density at radius 2 is 1.11 bits per heavy atom. The van der Waals surface area contributed by atoms with Crippen LogP contribution in [0.5, 0.6) is 0 Å². The van der Waals surface area contributed by atoms with Crippen molar-refractivity contribution >= 4 is 11.9 Å². The van der Waals surface area contributed by atoms with Crippen molar-refractivity contribution in [2.24, 2.45) is 0 Å². The van der Waals surface area contributed by atoms with Gasteiger partial charge in [0.05, 0.1) is 12.2 Å². The minimum atomic E-state index is -1.77. The summed E-state index contributed by atoms with van der Waals surface area (Å²) in [6.07, 6.45) is -0.0260. The minimum absolute atomic E-state index is 0.264.